The SMILES string of the molecule is CNC(=O)c1nnc(N2CCN(Cc3ccc4c(c3)OCC4)CC2)s1. The van der Waals surface area contributed by atoms with Gasteiger partial charge in [-0.25, -0.2) is 0 Å². The van der Waals surface area contributed by atoms with E-state index in [1.54, 1.807) is 7.05 Å². The number of hydrogen-bond donors (Lipinski definition) is 1. The molecule has 1 aromatic carbocycles. The van der Waals surface area contributed by atoms with E-state index in [4.69, 9.17) is 4.74 Å². The van der Waals surface area contributed by atoms with E-state index in [0.29, 0.717) is 5.01 Å². The van der Waals surface area contributed by atoms with Crippen molar-refractivity contribution in [2.24, 2.45) is 0 Å². The number of hydrogen-bond acceptors (Lipinski definition) is 7. The van der Waals surface area contributed by atoms with Crippen molar-refractivity contribution in [1.29, 1.82) is 0 Å². The molecule has 0 bridgehead atoms. The third-order valence-electron chi connectivity index (χ3n) is 4.65. The van der Waals surface area contributed by atoms with Crippen molar-refractivity contribution in [2.75, 3.05) is 44.7 Å². The number of anilines is 1. The van der Waals surface area contributed by atoms with Crippen LogP contribution in [-0.2, 0) is 13.0 Å². The molecule has 2 aromatic rings. The second kappa shape index (κ2) is 6.97. The lowest BCUT2D eigenvalue weighted by molar-refractivity contribution is 0.0962. The lowest BCUT2D eigenvalue weighted by Crippen LogP contribution is -2.45. The van der Waals surface area contributed by atoms with Crippen LogP contribution < -0.4 is 15.0 Å². The molecular weight excluding hydrogens is 338 g/mol. The van der Waals surface area contributed by atoms with Crippen molar-refractivity contribution >= 4 is 22.4 Å². The summed E-state index contributed by atoms with van der Waals surface area (Å²) in [6.45, 7) is 5.45. The van der Waals surface area contributed by atoms with Gasteiger partial charge in [-0.2, -0.15) is 0 Å². The summed E-state index contributed by atoms with van der Waals surface area (Å²) < 4.78 is 5.66. The van der Waals surface area contributed by atoms with Crippen LogP contribution in [-0.4, -0.2) is 60.8 Å². The van der Waals surface area contributed by atoms with Crippen LogP contribution in [0.2, 0.25) is 0 Å². The number of amides is 1. The van der Waals surface area contributed by atoms with Crippen molar-refractivity contribution in [3.8, 4) is 5.75 Å². The summed E-state index contributed by atoms with van der Waals surface area (Å²) in [5, 5.41) is 11.9. The molecule has 0 aliphatic carbocycles. The van der Waals surface area contributed by atoms with Crippen LogP contribution in [0.15, 0.2) is 18.2 Å². The Kier molecular flexibility index (Phi) is 4.54. The zero-order valence-electron chi connectivity index (χ0n) is 14.2. The number of ether oxygens (including phenoxy) is 1. The van der Waals surface area contributed by atoms with Crippen LogP contribution in [0.5, 0.6) is 5.75 Å². The molecule has 1 amide bonds. The first-order valence-electron chi connectivity index (χ1n) is 8.50. The number of carbonyl (C=O) groups is 1. The average molecular weight is 359 g/mol. The number of piperazine rings is 1. The third kappa shape index (κ3) is 3.45. The smallest absolute Gasteiger partial charge is 0.282 e. The number of nitrogens with zero attached hydrogens (tertiary/aromatic N) is 4. The van der Waals surface area contributed by atoms with Gasteiger partial charge in [-0.05, 0) is 17.2 Å². The molecule has 0 radical (unpaired) electrons. The number of benzene rings is 1. The summed E-state index contributed by atoms with van der Waals surface area (Å²) in [6, 6.07) is 6.57. The molecule has 1 saturated heterocycles. The summed E-state index contributed by atoms with van der Waals surface area (Å²) >= 11 is 1.35. The zero-order chi connectivity index (χ0) is 17.2. The number of carbonyl (C=O) groups excluding carboxylic acids is 1. The predicted molar refractivity (Wildman–Crippen MR) is 96.4 cm³/mol. The van der Waals surface area contributed by atoms with Crippen molar-refractivity contribution in [1.82, 2.24) is 20.4 Å². The van der Waals surface area contributed by atoms with E-state index in [1.165, 1.54) is 22.5 Å². The van der Waals surface area contributed by atoms with Crippen LogP contribution in [0.25, 0.3) is 0 Å². The topological polar surface area (TPSA) is 70.6 Å². The van der Waals surface area contributed by atoms with Crippen molar-refractivity contribution in [3.63, 3.8) is 0 Å². The van der Waals surface area contributed by atoms with E-state index in [9.17, 15) is 4.79 Å². The standard InChI is InChI=1S/C17H21N5O2S/c1-18-15(23)16-19-20-17(25-16)22-7-5-21(6-8-22)11-12-2-3-13-4-9-24-14(13)10-12/h2-3,10H,4-9,11H2,1H3,(H,18,23). The van der Waals surface area contributed by atoms with Gasteiger partial charge in [0.25, 0.3) is 5.91 Å². The minimum Gasteiger partial charge on any atom is -0.493 e. The molecule has 3 heterocycles. The molecule has 25 heavy (non-hydrogen) atoms. The van der Waals surface area contributed by atoms with Gasteiger partial charge in [0, 0.05) is 46.2 Å². The number of rotatable bonds is 4. The molecule has 1 N–H and O–H groups in total. The Morgan fingerprint density at radius 2 is 2.12 bits per heavy atom. The first-order valence-corrected chi connectivity index (χ1v) is 9.32. The van der Waals surface area contributed by atoms with Crippen molar-refractivity contribution in [2.45, 2.75) is 13.0 Å². The van der Waals surface area contributed by atoms with Gasteiger partial charge in [-0.15, -0.1) is 10.2 Å². The largest absolute Gasteiger partial charge is 0.493 e. The van der Waals surface area contributed by atoms with Crippen LogP contribution in [0, 0.1) is 0 Å². The van der Waals surface area contributed by atoms with Gasteiger partial charge in [-0.3, -0.25) is 9.69 Å². The molecule has 0 saturated carbocycles. The average Bonchev–Trinajstić information content (AvgIpc) is 3.31. The summed E-state index contributed by atoms with van der Waals surface area (Å²) in [4.78, 5) is 16.2. The molecule has 4 rings (SSSR count). The highest BCUT2D eigenvalue weighted by molar-refractivity contribution is 7.17. The minimum absolute atomic E-state index is 0.179. The lowest BCUT2D eigenvalue weighted by Gasteiger charge is -2.34. The molecule has 0 spiro atoms. The van der Waals surface area contributed by atoms with Crippen LogP contribution in [0.3, 0.4) is 0 Å². The predicted octanol–water partition coefficient (Wildman–Crippen LogP) is 1.15. The van der Waals surface area contributed by atoms with E-state index in [1.807, 2.05) is 0 Å². The highest BCUT2D eigenvalue weighted by Gasteiger charge is 2.22. The summed E-state index contributed by atoms with van der Waals surface area (Å²) in [5.74, 6) is 0.868. The van der Waals surface area contributed by atoms with E-state index in [0.717, 1.165) is 56.6 Å². The fraction of sp³-hybridized carbons (Fsp3) is 0.471. The minimum atomic E-state index is -0.179. The fourth-order valence-corrected chi connectivity index (χ4v) is 4.05. The maximum atomic E-state index is 11.6. The Morgan fingerprint density at radius 1 is 1.28 bits per heavy atom. The molecule has 132 valence electrons. The zero-order valence-corrected chi connectivity index (χ0v) is 15.0. The first kappa shape index (κ1) is 16.3. The highest BCUT2D eigenvalue weighted by Crippen LogP contribution is 2.27. The van der Waals surface area contributed by atoms with Crippen molar-refractivity contribution < 1.29 is 9.53 Å². The molecule has 0 atom stereocenters. The van der Waals surface area contributed by atoms with E-state index < -0.39 is 0 Å². The number of fused-ring (bicyclic) bond motifs is 1. The highest BCUT2D eigenvalue weighted by atomic mass is 32.1. The fourth-order valence-electron chi connectivity index (χ4n) is 3.21. The van der Waals surface area contributed by atoms with Gasteiger partial charge >= 0.3 is 0 Å². The summed E-state index contributed by atoms with van der Waals surface area (Å²) in [7, 11) is 1.60. The second-order valence-corrected chi connectivity index (χ2v) is 7.23. The summed E-state index contributed by atoms with van der Waals surface area (Å²) in [5.41, 5.74) is 2.61. The first-order chi connectivity index (χ1) is 12.2. The van der Waals surface area contributed by atoms with Crippen LogP contribution in [0.1, 0.15) is 20.9 Å². The molecule has 8 heteroatoms. The molecule has 7 nitrogen and oxygen atoms in total. The van der Waals surface area contributed by atoms with E-state index in [2.05, 4.69) is 43.5 Å². The molecular formula is C17H21N5O2S. The quantitative estimate of drug-likeness (QED) is 0.883. The van der Waals surface area contributed by atoms with Gasteiger partial charge in [0.15, 0.2) is 0 Å². The van der Waals surface area contributed by atoms with Crippen LogP contribution >= 0.6 is 11.3 Å². The van der Waals surface area contributed by atoms with Gasteiger partial charge in [-0.1, -0.05) is 23.5 Å². The lowest BCUT2D eigenvalue weighted by atomic mass is 10.1. The van der Waals surface area contributed by atoms with Crippen molar-refractivity contribution in [3.05, 3.63) is 34.3 Å². The summed E-state index contributed by atoms with van der Waals surface area (Å²) in [6.07, 6.45) is 1.02. The van der Waals surface area contributed by atoms with Gasteiger partial charge in [0.05, 0.1) is 6.61 Å². The Labute approximate surface area is 150 Å². The second-order valence-electron chi connectivity index (χ2n) is 6.27. The van der Waals surface area contributed by atoms with E-state index >= 15 is 0 Å². The molecule has 2 aliphatic rings. The van der Waals surface area contributed by atoms with Gasteiger partial charge < -0.3 is 15.0 Å². The van der Waals surface area contributed by atoms with E-state index in [-0.39, 0.29) is 5.91 Å². The molecule has 0 unspecified atom stereocenters. The Morgan fingerprint density at radius 3 is 2.92 bits per heavy atom. The third-order valence-corrected chi connectivity index (χ3v) is 5.63. The number of aromatic nitrogens is 2. The Balaban J connectivity index is 1.34. The molecule has 2 aliphatic heterocycles. The number of nitrogens with one attached hydrogen (secondary N) is 1. The molecule has 1 fully saturated rings. The van der Waals surface area contributed by atoms with Crippen LogP contribution in [0.4, 0.5) is 5.13 Å². The monoisotopic (exact) mass is 359 g/mol. The van der Waals surface area contributed by atoms with Gasteiger partial charge in [0.1, 0.15) is 5.75 Å². The Hall–Kier alpha value is -2.19. The normalized spacial score (nSPS) is 17.2. The molecule has 1 aromatic heterocycles. The van der Waals surface area contributed by atoms with Gasteiger partial charge in [0.2, 0.25) is 10.1 Å². The Bertz CT molecular complexity index is 770. The maximum absolute atomic E-state index is 11.6. The maximum Gasteiger partial charge on any atom is 0.282 e.